The van der Waals surface area contributed by atoms with Crippen molar-refractivity contribution in [2.75, 3.05) is 11.5 Å². The van der Waals surface area contributed by atoms with E-state index in [0.717, 1.165) is 17.9 Å². The van der Waals surface area contributed by atoms with Gasteiger partial charge in [0.1, 0.15) is 0 Å². The van der Waals surface area contributed by atoms with E-state index in [1.54, 1.807) is 11.3 Å². The number of aromatic nitrogens is 1. The SMILES string of the molecule is CCSCC(Cc1nc(C(C)(C)C)cs1)NN. The van der Waals surface area contributed by atoms with Crippen LogP contribution < -0.4 is 11.3 Å². The standard InChI is InChI=1S/C12H23N3S2/c1-5-16-7-9(15-13)6-11-14-10(8-17-11)12(2,3)4/h8-9,15H,5-7,13H2,1-4H3. The summed E-state index contributed by atoms with van der Waals surface area (Å²) in [4.78, 5) is 4.69. The summed E-state index contributed by atoms with van der Waals surface area (Å²) in [5, 5.41) is 3.34. The maximum atomic E-state index is 5.57. The maximum absolute atomic E-state index is 5.57. The van der Waals surface area contributed by atoms with Crippen molar-refractivity contribution in [3.05, 3.63) is 16.1 Å². The van der Waals surface area contributed by atoms with Gasteiger partial charge in [0.2, 0.25) is 0 Å². The number of hydrazine groups is 1. The van der Waals surface area contributed by atoms with Crippen LogP contribution in [0.15, 0.2) is 5.38 Å². The van der Waals surface area contributed by atoms with Crippen molar-refractivity contribution in [1.82, 2.24) is 10.4 Å². The zero-order valence-corrected chi connectivity index (χ0v) is 12.8. The second kappa shape index (κ2) is 6.73. The van der Waals surface area contributed by atoms with Crippen LogP contribution in [0.5, 0.6) is 0 Å². The van der Waals surface area contributed by atoms with E-state index in [9.17, 15) is 0 Å². The van der Waals surface area contributed by atoms with E-state index >= 15 is 0 Å². The average molecular weight is 273 g/mol. The molecule has 0 saturated heterocycles. The fraction of sp³-hybridized carbons (Fsp3) is 0.750. The van der Waals surface area contributed by atoms with Crippen LogP contribution in [0.4, 0.5) is 0 Å². The highest BCUT2D eigenvalue weighted by atomic mass is 32.2. The molecule has 0 amide bonds. The highest BCUT2D eigenvalue weighted by Crippen LogP contribution is 2.24. The minimum Gasteiger partial charge on any atom is -0.271 e. The molecule has 1 aromatic heterocycles. The van der Waals surface area contributed by atoms with Crippen molar-refractivity contribution in [3.63, 3.8) is 0 Å². The van der Waals surface area contributed by atoms with Crippen LogP contribution in [0.3, 0.4) is 0 Å². The van der Waals surface area contributed by atoms with Gasteiger partial charge >= 0.3 is 0 Å². The highest BCUT2D eigenvalue weighted by molar-refractivity contribution is 7.99. The molecule has 0 aliphatic rings. The molecule has 1 unspecified atom stereocenters. The number of nitrogens with zero attached hydrogens (tertiary/aromatic N) is 1. The van der Waals surface area contributed by atoms with Gasteiger partial charge < -0.3 is 0 Å². The number of hydrogen-bond donors (Lipinski definition) is 2. The first-order chi connectivity index (χ1) is 7.97. The number of thioether (sulfide) groups is 1. The average Bonchev–Trinajstić information content (AvgIpc) is 2.72. The molecule has 0 fully saturated rings. The molecule has 0 aliphatic carbocycles. The third kappa shape index (κ3) is 4.95. The zero-order valence-electron chi connectivity index (χ0n) is 11.1. The van der Waals surface area contributed by atoms with Crippen LogP contribution >= 0.6 is 23.1 Å². The first-order valence-corrected chi connectivity index (χ1v) is 7.99. The third-order valence-electron chi connectivity index (χ3n) is 2.50. The van der Waals surface area contributed by atoms with Crippen molar-refractivity contribution in [2.45, 2.75) is 45.6 Å². The lowest BCUT2D eigenvalue weighted by atomic mass is 9.93. The molecule has 5 heteroatoms. The van der Waals surface area contributed by atoms with Gasteiger partial charge in [-0.25, -0.2) is 4.98 Å². The Hall–Kier alpha value is -0.100. The predicted octanol–water partition coefficient (Wildman–Crippen LogP) is 2.57. The first-order valence-electron chi connectivity index (χ1n) is 5.96. The van der Waals surface area contributed by atoms with Gasteiger partial charge in [-0.3, -0.25) is 11.3 Å². The topological polar surface area (TPSA) is 50.9 Å². The number of nitrogens with two attached hydrogens (primary N) is 1. The first kappa shape index (κ1) is 15.0. The summed E-state index contributed by atoms with van der Waals surface area (Å²) < 4.78 is 0. The molecule has 3 N–H and O–H groups in total. The van der Waals surface area contributed by atoms with E-state index in [1.165, 1.54) is 10.7 Å². The normalized spacial score (nSPS) is 13.9. The summed E-state index contributed by atoms with van der Waals surface area (Å²) in [5.41, 5.74) is 4.19. The molecule has 1 atom stereocenters. The van der Waals surface area contributed by atoms with Crippen LogP contribution in [-0.4, -0.2) is 22.5 Å². The molecule has 1 heterocycles. The lowest BCUT2D eigenvalue weighted by molar-refractivity contribution is 0.555. The van der Waals surface area contributed by atoms with Crippen molar-refractivity contribution in [3.8, 4) is 0 Å². The highest BCUT2D eigenvalue weighted by Gasteiger charge is 2.18. The number of nitrogens with one attached hydrogen (secondary N) is 1. The van der Waals surface area contributed by atoms with E-state index in [1.807, 2.05) is 11.8 Å². The third-order valence-corrected chi connectivity index (χ3v) is 4.42. The molecule has 0 bridgehead atoms. The van der Waals surface area contributed by atoms with Gasteiger partial charge in [-0.2, -0.15) is 11.8 Å². The van der Waals surface area contributed by atoms with E-state index in [4.69, 9.17) is 10.8 Å². The van der Waals surface area contributed by atoms with Crippen molar-refractivity contribution in [2.24, 2.45) is 5.84 Å². The molecule has 1 aromatic rings. The molecular formula is C12H23N3S2. The molecule has 0 spiro atoms. The molecule has 3 nitrogen and oxygen atoms in total. The number of rotatable bonds is 6. The maximum Gasteiger partial charge on any atom is 0.0944 e. The second-order valence-electron chi connectivity index (χ2n) is 5.10. The monoisotopic (exact) mass is 273 g/mol. The Morgan fingerprint density at radius 1 is 1.53 bits per heavy atom. The van der Waals surface area contributed by atoms with Crippen molar-refractivity contribution >= 4 is 23.1 Å². The van der Waals surface area contributed by atoms with Crippen LogP contribution in [0, 0.1) is 0 Å². The van der Waals surface area contributed by atoms with Gasteiger partial charge in [0.25, 0.3) is 0 Å². The largest absolute Gasteiger partial charge is 0.271 e. The fourth-order valence-electron chi connectivity index (χ4n) is 1.39. The Balaban J connectivity index is 2.58. The lowest BCUT2D eigenvalue weighted by Gasteiger charge is -2.15. The summed E-state index contributed by atoms with van der Waals surface area (Å²) in [6, 6.07) is 0.318. The molecule has 0 aromatic carbocycles. The van der Waals surface area contributed by atoms with Gasteiger partial charge in [0, 0.05) is 29.0 Å². The van der Waals surface area contributed by atoms with E-state index in [2.05, 4.69) is 38.5 Å². The van der Waals surface area contributed by atoms with Gasteiger partial charge in [-0.1, -0.05) is 27.7 Å². The van der Waals surface area contributed by atoms with Gasteiger partial charge in [-0.05, 0) is 5.75 Å². The minimum atomic E-state index is 0.137. The quantitative estimate of drug-likeness (QED) is 0.618. The minimum absolute atomic E-state index is 0.137. The van der Waals surface area contributed by atoms with E-state index in [0.29, 0.717) is 6.04 Å². The molecule has 0 radical (unpaired) electrons. The van der Waals surface area contributed by atoms with Crippen molar-refractivity contribution < 1.29 is 0 Å². The van der Waals surface area contributed by atoms with E-state index < -0.39 is 0 Å². The summed E-state index contributed by atoms with van der Waals surface area (Å²) >= 11 is 3.64. The van der Waals surface area contributed by atoms with Crippen LogP contribution in [0.25, 0.3) is 0 Å². The number of hydrogen-bond acceptors (Lipinski definition) is 5. The van der Waals surface area contributed by atoms with Crippen molar-refractivity contribution in [1.29, 1.82) is 0 Å². The molecule has 17 heavy (non-hydrogen) atoms. The molecule has 98 valence electrons. The fourth-order valence-corrected chi connectivity index (χ4v) is 3.22. The smallest absolute Gasteiger partial charge is 0.0944 e. The Labute approximate surface area is 113 Å². The van der Waals surface area contributed by atoms with Crippen LogP contribution in [0.1, 0.15) is 38.4 Å². The Bertz CT molecular complexity index is 331. The van der Waals surface area contributed by atoms with Gasteiger partial charge in [0.15, 0.2) is 0 Å². The summed E-state index contributed by atoms with van der Waals surface area (Å²) in [5.74, 6) is 7.73. The van der Waals surface area contributed by atoms with E-state index in [-0.39, 0.29) is 5.41 Å². The predicted molar refractivity (Wildman–Crippen MR) is 78.6 cm³/mol. The van der Waals surface area contributed by atoms with Gasteiger partial charge in [0.05, 0.1) is 10.7 Å². The lowest BCUT2D eigenvalue weighted by Crippen LogP contribution is -2.38. The van der Waals surface area contributed by atoms with Gasteiger partial charge in [-0.15, -0.1) is 11.3 Å². The Kier molecular flexibility index (Phi) is 5.92. The molecule has 0 aliphatic heterocycles. The van der Waals surface area contributed by atoms with Crippen LogP contribution in [0.2, 0.25) is 0 Å². The molecular weight excluding hydrogens is 250 g/mol. The number of thiazole rings is 1. The summed E-state index contributed by atoms with van der Waals surface area (Å²) in [6.45, 7) is 8.74. The Morgan fingerprint density at radius 3 is 2.71 bits per heavy atom. The summed E-state index contributed by atoms with van der Waals surface area (Å²) in [6.07, 6.45) is 0.921. The second-order valence-corrected chi connectivity index (χ2v) is 7.37. The zero-order chi connectivity index (χ0) is 12.9. The summed E-state index contributed by atoms with van der Waals surface area (Å²) in [7, 11) is 0. The molecule has 1 rings (SSSR count). The molecule has 0 saturated carbocycles. The Morgan fingerprint density at radius 2 is 2.24 bits per heavy atom. The van der Waals surface area contributed by atoms with Crippen LogP contribution in [-0.2, 0) is 11.8 Å².